The molecule has 0 spiro atoms. The number of carbonyl (C=O) groups is 2. The summed E-state index contributed by atoms with van der Waals surface area (Å²) in [6.07, 6.45) is 9.44. The van der Waals surface area contributed by atoms with Crippen molar-refractivity contribution in [2.24, 2.45) is 5.92 Å². The average molecular weight is 449 g/mol. The Bertz CT molecular complexity index is 1110. The molecule has 1 saturated heterocycles. The summed E-state index contributed by atoms with van der Waals surface area (Å²) in [7, 11) is 0. The zero-order chi connectivity index (χ0) is 21.9. The van der Waals surface area contributed by atoms with Crippen LogP contribution in [0.1, 0.15) is 66.9 Å². The number of thiazole rings is 1. The van der Waals surface area contributed by atoms with E-state index in [0.717, 1.165) is 29.6 Å². The fraction of sp³-hybridized carbons (Fsp3) is 0.440. The Morgan fingerprint density at radius 1 is 1.12 bits per heavy atom. The molecule has 1 unspecified atom stereocenters. The smallest absolute Gasteiger partial charge is 0.258 e. The highest BCUT2D eigenvalue weighted by Crippen LogP contribution is 2.32. The van der Waals surface area contributed by atoms with E-state index in [1.165, 1.54) is 43.4 Å². The van der Waals surface area contributed by atoms with Gasteiger partial charge in [-0.15, -0.1) is 11.3 Å². The summed E-state index contributed by atoms with van der Waals surface area (Å²) >= 11 is 1.40. The number of likely N-dealkylation sites (tertiary alicyclic amines) is 1. The first-order valence-corrected chi connectivity index (χ1v) is 12.4. The van der Waals surface area contributed by atoms with E-state index in [1.807, 2.05) is 40.6 Å². The van der Waals surface area contributed by atoms with E-state index in [0.29, 0.717) is 29.6 Å². The molecule has 1 saturated carbocycles. The summed E-state index contributed by atoms with van der Waals surface area (Å²) in [6, 6.07) is 9.64. The van der Waals surface area contributed by atoms with Gasteiger partial charge in [0.25, 0.3) is 5.91 Å². The maximum Gasteiger partial charge on any atom is 0.258 e. The molecule has 1 aromatic carbocycles. The summed E-state index contributed by atoms with van der Waals surface area (Å²) in [5, 5.41) is 6.14. The van der Waals surface area contributed by atoms with E-state index >= 15 is 0 Å². The number of nitrogens with zero attached hydrogens (tertiary/aromatic N) is 3. The molecule has 3 aromatic rings. The Morgan fingerprint density at radius 3 is 2.78 bits per heavy atom. The zero-order valence-electron chi connectivity index (χ0n) is 18.1. The number of fused-ring (bicyclic) bond motifs is 1. The van der Waals surface area contributed by atoms with Crippen molar-refractivity contribution in [2.75, 3.05) is 18.4 Å². The number of carbonyl (C=O) groups excluding carboxylic acids is 2. The molecule has 1 aliphatic carbocycles. The number of hydrogen-bond acceptors (Lipinski definition) is 5. The number of para-hydroxylation sites is 1. The third kappa shape index (κ3) is 4.53. The Balaban J connectivity index is 1.35. The van der Waals surface area contributed by atoms with Gasteiger partial charge in [0, 0.05) is 48.1 Å². The van der Waals surface area contributed by atoms with Crippen LogP contribution in [-0.2, 0) is 4.79 Å². The van der Waals surface area contributed by atoms with Crippen molar-refractivity contribution in [3.8, 4) is 0 Å². The summed E-state index contributed by atoms with van der Waals surface area (Å²) in [6.45, 7) is 1.45. The summed E-state index contributed by atoms with van der Waals surface area (Å²) in [5.41, 5.74) is 2.30. The molecular formula is C25H28N4O2S. The van der Waals surface area contributed by atoms with Gasteiger partial charge in [-0.3, -0.25) is 19.9 Å². The first-order chi connectivity index (χ1) is 15.7. The number of hydrogen-bond donors (Lipinski definition) is 1. The van der Waals surface area contributed by atoms with Gasteiger partial charge in [0.15, 0.2) is 5.13 Å². The number of nitrogens with one attached hydrogen (secondary N) is 1. The van der Waals surface area contributed by atoms with Crippen molar-refractivity contribution in [3.05, 3.63) is 53.2 Å². The highest BCUT2D eigenvalue weighted by molar-refractivity contribution is 7.13. The lowest BCUT2D eigenvalue weighted by Gasteiger charge is -2.24. The van der Waals surface area contributed by atoms with Crippen LogP contribution in [0.4, 0.5) is 5.13 Å². The van der Waals surface area contributed by atoms with E-state index in [-0.39, 0.29) is 17.7 Å². The second-order valence-corrected chi connectivity index (χ2v) is 9.83. The van der Waals surface area contributed by atoms with Crippen LogP contribution in [0.15, 0.2) is 41.9 Å². The SMILES string of the molecule is O=C(Nc1nccs1)c1cc(C2CCN(C(=O)CC3CCCCC3)C2)nc2ccccc12. The van der Waals surface area contributed by atoms with Crippen LogP contribution < -0.4 is 5.32 Å². The molecule has 2 aliphatic rings. The molecule has 1 aliphatic heterocycles. The van der Waals surface area contributed by atoms with E-state index < -0.39 is 0 Å². The Hall–Kier alpha value is -2.80. The molecule has 0 bridgehead atoms. The van der Waals surface area contributed by atoms with Crippen molar-refractivity contribution < 1.29 is 9.59 Å². The van der Waals surface area contributed by atoms with E-state index in [2.05, 4.69) is 10.3 Å². The van der Waals surface area contributed by atoms with Gasteiger partial charge in [0.1, 0.15) is 0 Å². The Morgan fingerprint density at radius 2 is 1.97 bits per heavy atom. The molecule has 1 N–H and O–H groups in total. The minimum absolute atomic E-state index is 0.154. The minimum Gasteiger partial charge on any atom is -0.342 e. The summed E-state index contributed by atoms with van der Waals surface area (Å²) < 4.78 is 0. The predicted molar refractivity (Wildman–Crippen MR) is 127 cm³/mol. The number of anilines is 1. The lowest BCUT2D eigenvalue weighted by molar-refractivity contribution is -0.131. The van der Waals surface area contributed by atoms with Gasteiger partial charge < -0.3 is 4.90 Å². The van der Waals surface area contributed by atoms with Crippen molar-refractivity contribution in [2.45, 2.75) is 50.9 Å². The predicted octanol–water partition coefficient (Wildman–Crippen LogP) is 5.23. The van der Waals surface area contributed by atoms with Crippen LogP contribution >= 0.6 is 11.3 Å². The molecule has 1 atom stereocenters. The summed E-state index contributed by atoms with van der Waals surface area (Å²) in [4.78, 5) is 37.0. The summed E-state index contributed by atoms with van der Waals surface area (Å²) in [5.74, 6) is 0.807. The number of rotatable bonds is 5. The van der Waals surface area contributed by atoms with Crippen molar-refractivity contribution in [3.63, 3.8) is 0 Å². The molecule has 2 amide bonds. The van der Waals surface area contributed by atoms with Crippen LogP contribution in [0.5, 0.6) is 0 Å². The first kappa shape index (κ1) is 21.1. The third-order valence-corrected chi connectivity index (χ3v) is 7.47. The van der Waals surface area contributed by atoms with Gasteiger partial charge >= 0.3 is 0 Å². The largest absolute Gasteiger partial charge is 0.342 e. The molecule has 166 valence electrons. The number of pyridine rings is 1. The molecular weight excluding hydrogens is 420 g/mol. The van der Waals surface area contributed by atoms with Crippen molar-refractivity contribution in [1.82, 2.24) is 14.9 Å². The topological polar surface area (TPSA) is 75.2 Å². The maximum absolute atomic E-state index is 13.1. The molecule has 7 heteroatoms. The zero-order valence-corrected chi connectivity index (χ0v) is 18.9. The molecule has 2 fully saturated rings. The quantitative estimate of drug-likeness (QED) is 0.580. The minimum atomic E-state index is -0.178. The van der Waals surface area contributed by atoms with Gasteiger partial charge in [0.05, 0.1) is 11.1 Å². The highest BCUT2D eigenvalue weighted by Gasteiger charge is 2.30. The van der Waals surface area contributed by atoms with Crippen molar-refractivity contribution >= 4 is 39.2 Å². The second kappa shape index (κ2) is 9.36. The molecule has 0 radical (unpaired) electrons. The van der Waals surface area contributed by atoms with Gasteiger partial charge in [-0.2, -0.15) is 0 Å². The lowest BCUT2D eigenvalue weighted by Crippen LogP contribution is -2.30. The van der Waals surface area contributed by atoms with Crippen LogP contribution in [-0.4, -0.2) is 39.8 Å². The monoisotopic (exact) mass is 448 g/mol. The van der Waals surface area contributed by atoms with Crippen LogP contribution in [0.2, 0.25) is 0 Å². The van der Waals surface area contributed by atoms with Crippen LogP contribution in [0, 0.1) is 5.92 Å². The normalized spacial score (nSPS) is 19.4. The van der Waals surface area contributed by atoms with Gasteiger partial charge in [-0.1, -0.05) is 37.5 Å². The molecule has 2 aromatic heterocycles. The lowest BCUT2D eigenvalue weighted by atomic mass is 9.87. The van der Waals surface area contributed by atoms with Crippen LogP contribution in [0.3, 0.4) is 0 Å². The maximum atomic E-state index is 13.1. The Kier molecular flexibility index (Phi) is 6.17. The fourth-order valence-corrected chi connectivity index (χ4v) is 5.56. The standard InChI is InChI=1S/C25H28N4O2S/c30-23(14-17-6-2-1-3-7-17)29-12-10-18(16-29)22-15-20(19-8-4-5-9-21(19)27-22)24(31)28-25-26-11-13-32-25/h4-5,8-9,11,13,15,17-18H,1-3,6-7,10,12,14,16H2,(H,26,28,31). The molecule has 6 nitrogen and oxygen atoms in total. The number of amides is 2. The first-order valence-electron chi connectivity index (χ1n) is 11.6. The Labute approximate surface area is 192 Å². The van der Waals surface area contributed by atoms with Gasteiger partial charge in [-0.25, -0.2) is 4.98 Å². The second-order valence-electron chi connectivity index (χ2n) is 8.94. The molecule has 32 heavy (non-hydrogen) atoms. The van der Waals surface area contributed by atoms with Crippen LogP contribution in [0.25, 0.3) is 10.9 Å². The van der Waals surface area contributed by atoms with Gasteiger partial charge in [-0.05, 0) is 37.3 Å². The highest BCUT2D eigenvalue weighted by atomic mass is 32.1. The molecule has 3 heterocycles. The van der Waals surface area contributed by atoms with Crippen molar-refractivity contribution in [1.29, 1.82) is 0 Å². The van der Waals surface area contributed by atoms with E-state index in [9.17, 15) is 9.59 Å². The fourth-order valence-electron chi connectivity index (χ4n) is 5.04. The number of aromatic nitrogens is 2. The van der Waals surface area contributed by atoms with E-state index in [1.54, 1.807) is 6.20 Å². The van der Waals surface area contributed by atoms with Gasteiger partial charge in [0.2, 0.25) is 5.91 Å². The molecule has 5 rings (SSSR count). The average Bonchev–Trinajstić information content (AvgIpc) is 3.51. The van der Waals surface area contributed by atoms with E-state index in [4.69, 9.17) is 4.98 Å². The third-order valence-electron chi connectivity index (χ3n) is 6.78. The number of benzene rings is 1.